The van der Waals surface area contributed by atoms with Crippen LogP contribution in [-0.2, 0) is 0 Å². The average molecular weight is 339 g/mol. The van der Waals surface area contributed by atoms with Gasteiger partial charge in [0.2, 0.25) is 0 Å². The highest BCUT2D eigenvalue weighted by Crippen LogP contribution is 2.25. The Morgan fingerprint density at radius 3 is 2.63 bits per heavy atom. The van der Waals surface area contributed by atoms with Crippen LogP contribution in [0.25, 0.3) is 0 Å². The van der Waals surface area contributed by atoms with E-state index in [0.29, 0.717) is 16.8 Å². The zero-order chi connectivity index (χ0) is 14.0. The summed E-state index contributed by atoms with van der Waals surface area (Å²) in [6, 6.07) is 10.5. The standard InChI is InChI=1S/C14H12BrFN2S/c1-8-2-4-10(7-12(8)16)18-13-5-3-9(15)6-11(13)14(17)19/h2-7,18H,1H3,(H2,17,19). The topological polar surface area (TPSA) is 38.0 Å². The van der Waals surface area contributed by atoms with Gasteiger partial charge in [-0.25, -0.2) is 4.39 Å². The van der Waals surface area contributed by atoms with E-state index in [1.807, 2.05) is 24.3 Å². The smallest absolute Gasteiger partial charge is 0.128 e. The van der Waals surface area contributed by atoms with Crippen LogP contribution in [0, 0.1) is 12.7 Å². The summed E-state index contributed by atoms with van der Waals surface area (Å²) < 4.78 is 14.4. The molecule has 0 aliphatic heterocycles. The second kappa shape index (κ2) is 5.67. The van der Waals surface area contributed by atoms with Gasteiger partial charge >= 0.3 is 0 Å². The van der Waals surface area contributed by atoms with Crippen LogP contribution in [0.15, 0.2) is 40.9 Å². The summed E-state index contributed by atoms with van der Waals surface area (Å²) in [7, 11) is 0. The number of rotatable bonds is 3. The second-order valence-electron chi connectivity index (χ2n) is 4.14. The lowest BCUT2D eigenvalue weighted by Gasteiger charge is -2.12. The third kappa shape index (κ3) is 3.30. The summed E-state index contributed by atoms with van der Waals surface area (Å²) in [5.74, 6) is -0.251. The van der Waals surface area contributed by atoms with E-state index in [9.17, 15) is 4.39 Å². The van der Waals surface area contributed by atoms with Crippen LogP contribution < -0.4 is 11.1 Å². The quantitative estimate of drug-likeness (QED) is 0.820. The van der Waals surface area contributed by atoms with Crippen molar-refractivity contribution in [3.05, 3.63) is 57.8 Å². The van der Waals surface area contributed by atoms with Crippen molar-refractivity contribution in [2.24, 2.45) is 5.73 Å². The third-order valence-corrected chi connectivity index (χ3v) is 3.41. The summed E-state index contributed by atoms with van der Waals surface area (Å²) in [5, 5.41) is 3.12. The lowest BCUT2D eigenvalue weighted by molar-refractivity contribution is 0.619. The fraction of sp³-hybridized carbons (Fsp3) is 0.0714. The van der Waals surface area contributed by atoms with E-state index in [4.69, 9.17) is 18.0 Å². The van der Waals surface area contributed by atoms with Gasteiger partial charge in [0.25, 0.3) is 0 Å². The molecule has 2 rings (SSSR count). The van der Waals surface area contributed by atoms with Crippen molar-refractivity contribution in [2.45, 2.75) is 6.92 Å². The van der Waals surface area contributed by atoms with E-state index in [1.165, 1.54) is 6.07 Å². The molecule has 0 fully saturated rings. The first-order valence-corrected chi connectivity index (χ1v) is 6.80. The normalized spacial score (nSPS) is 10.3. The van der Waals surface area contributed by atoms with Crippen molar-refractivity contribution in [3.63, 3.8) is 0 Å². The molecule has 2 aromatic carbocycles. The molecule has 0 aliphatic carbocycles. The van der Waals surface area contributed by atoms with Gasteiger partial charge in [-0.1, -0.05) is 34.2 Å². The van der Waals surface area contributed by atoms with Crippen molar-refractivity contribution >= 4 is 44.5 Å². The molecule has 2 aromatic rings. The average Bonchev–Trinajstić information content (AvgIpc) is 2.36. The predicted octanol–water partition coefficient (Wildman–Crippen LogP) is 4.27. The summed E-state index contributed by atoms with van der Waals surface area (Å²) in [4.78, 5) is 0.288. The highest BCUT2D eigenvalue weighted by molar-refractivity contribution is 9.10. The van der Waals surface area contributed by atoms with E-state index in [0.717, 1.165) is 10.2 Å². The molecular weight excluding hydrogens is 327 g/mol. The molecular formula is C14H12BrFN2S. The highest BCUT2D eigenvalue weighted by Gasteiger charge is 2.07. The Morgan fingerprint density at radius 1 is 1.26 bits per heavy atom. The molecule has 0 saturated carbocycles. The van der Waals surface area contributed by atoms with Crippen molar-refractivity contribution in [2.75, 3.05) is 5.32 Å². The number of anilines is 2. The van der Waals surface area contributed by atoms with E-state index in [2.05, 4.69) is 21.2 Å². The van der Waals surface area contributed by atoms with Gasteiger partial charge < -0.3 is 11.1 Å². The Bertz CT molecular complexity index is 643. The molecule has 0 atom stereocenters. The Kier molecular flexibility index (Phi) is 4.17. The van der Waals surface area contributed by atoms with Gasteiger partial charge in [0.15, 0.2) is 0 Å². The number of nitrogens with two attached hydrogens (primary N) is 1. The molecule has 3 N–H and O–H groups in total. The molecule has 0 aliphatic rings. The van der Waals surface area contributed by atoms with Crippen LogP contribution in [0.4, 0.5) is 15.8 Å². The summed E-state index contributed by atoms with van der Waals surface area (Å²) in [6.07, 6.45) is 0. The van der Waals surface area contributed by atoms with Crippen LogP contribution in [0.3, 0.4) is 0 Å². The molecule has 0 spiro atoms. The molecule has 0 bridgehead atoms. The van der Waals surface area contributed by atoms with Gasteiger partial charge in [-0.05, 0) is 42.8 Å². The molecule has 0 radical (unpaired) electrons. The van der Waals surface area contributed by atoms with Crippen LogP contribution in [0.2, 0.25) is 0 Å². The molecule has 0 amide bonds. The fourth-order valence-corrected chi connectivity index (χ4v) is 2.19. The first-order chi connectivity index (χ1) is 8.97. The minimum absolute atomic E-state index is 0.251. The summed E-state index contributed by atoms with van der Waals surface area (Å²) >= 11 is 8.38. The Labute approximate surface area is 124 Å². The lowest BCUT2D eigenvalue weighted by atomic mass is 10.1. The zero-order valence-corrected chi connectivity index (χ0v) is 12.6. The molecule has 0 heterocycles. The fourth-order valence-electron chi connectivity index (χ4n) is 1.66. The minimum Gasteiger partial charge on any atom is -0.389 e. The van der Waals surface area contributed by atoms with E-state index in [-0.39, 0.29) is 10.8 Å². The molecule has 19 heavy (non-hydrogen) atoms. The number of benzene rings is 2. The number of halogens is 2. The van der Waals surface area contributed by atoms with E-state index >= 15 is 0 Å². The maximum absolute atomic E-state index is 13.5. The van der Waals surface area contributed by atoms with Crippen LogP contribution >= 0.6 is 28.1 Å². The molecule has 0 unspecified atom stereocenters. The predicted molar refractivity (Wildman–Crippen MR) is 84.4 cm³/mol. The molecule has 2 nitrogen and oxygen atoms in total. The Hall–Kier alpha value is -1.46. The lowest BCUT2D eigenvalue weighted by Crippen LogP contribution is -2.12. The first kappa shape index (κ1) is 14.0. The van der Waals surface area contributed by atoms with Gasteiger partial charge in [0, 0.05) is 21.4 Å². The highest BCUT2D eigenvalue weighted by atomic mass is 79.9. The summed E-state index contributed by atoms with van der Waals surface area (Å²) in [6.45, 7) is 1.72. The number of nitrogens with one attached hydrogen (secondary N) is 1. The van der Waals surface area contributed by atoms with Crippen molar-refractivity contribution in [1.82, 2.24) is 0 Å². The Balaban J connectivity index is 2.37. The SMILES string of the molecule is Cc1ccc(Nc2ccc(Br)cc2C(N)=S)cc1F. The summed E-state index contributed by atoms with van der Waals surface area (Å²) in [5.41, 5.74) is 8.41. The van der Waals surface area contributed by atoms with Crippen LogP contribution in [-0.4, -0.2) is 4.99 Å². The minimum atomic E-state index is -0.251. The van der Waals surface area contributed by atoms with Crippen molar-refractivity contribution < 1.29 is 4.39 Å². The third-order valence-electron chi connectivity index (χ3n) is 2.70. The van der Waals surface area contributed by atoms with Crippen molar-refractivity contribution in [1.29, 1.82) is 0 Å². The number of thiocarbonyl (C=S) groups is 1. The second-order valence-corrected chi connectivity index (χ2v) is 5.50. The Morgan fingerprint density at radius 2 is 2.00 bits per heavy atom. The maximum Gasteiger partial charge on any atom is 0.128 e. The first-order valence-electron chi connectivity index (χ1n) is 5.60. The number of hydrogen-bond donors (Lipinski definition) is 2. The molecule has 5 heteroatoms. The maximum atomic E-state index is 13.5. The van der Waals surface area contributed by atoms with Gasteiger partial charge in [-0.15, -0.1) is 0 Å². The van der Waals surface area contributed by atoms with Crippen LogP contribution in [0.1, 0.15) is 11.1 Å². The molecule has 98 valence electrons. The van der Waals surface area contributed by atoms with Gasteiger partial charge in [-0.3, -0.25) is 0 Å². The van der Waals surface area contributed by atoms with Gasteiger partial charge in [-0.2, -0.15) is 0 Å². The van der Waals surface area contributed by atoms with Gasteiger partial charge in [0.1, 0.15) is 10.8 Å². The van der Waals surface area contributed by atoms with Crippen LogP contribution in [0.5, 0.6) is 0 Å². The zero-order valence-electron chi connectivity index (χ0n) is 10.2. The number of hydrogen-bond acceptors (Lipinski definition) is 2. The number of aryl methyl sites for hydroxylation is 1. The van der Waals surface area contributed by atoms with E-state index in [1.54, 1.807) is 13.0 Å². The molecule has 0 aromatic heterocycles. The van der Waals surface area contributed by atoms with E-state index < -0.39 is 0 Å². The largest absolute Gasteiger partial charge is 0.389 e. The molecule has 0 saturated heterocycles. The monoisotopic (exact) mass is 338 g/mol. The van der Waals surface area contributed by atoms with Gasteiger partial charge in [0.05, 0.1) is 0 Å². The van der Waals surface area contributed by atoms with Crippen molar-refractivity contribution in [3.8, 4) is 0 Å².